The Kier molecular flexibility index (Phi) is 7.77. The molecule has 0 bridgehead atoms. The second kappa shape index (κ2) is 10.1. The third-order valence-corrected chi connectivity index (χ3v) is 7.46. The summed E-state index contributed by atoms with van der Waals surface area (Å²) in [6.07, 6.45) is 6.23. The molecule has 0 saturated heterocycles. The second-order valence-electron chi connectivity index (χ2n) is 7.56. The lowest BCUT2D eigenvalue weighted by atomic mass is 9.83. The molecule has 0 radical (unpaired) electrons. The van der Waals surface area contributed by atoms with E-state index in [0.717, 1.165) is 19.5 Å². The number of rotatable bonds is 7. The van der Waals surface area contributed by atoms with E-state index in [2.05, 4.69) is 98.4 Å². The number of hydrogen-bond donors (Lipinski definition) is 0. The summed E-state index contributed by atoms with van der Waals surface area (Å²) >= 11 is 7.80. The van der Waals surface area contributed by atoms with Gasteiger partial charge in [0, 0.05) is 22.1 Å². The van der Waals surface area contributed by atoms with E-state index in [9.17, 15) is 0 Å². The van der Waals surface area contributed by atoms with Gasteiger partial charge in [0.1, 0.15) is 0 Å². The number of hydrogen-bond acceptors (Lipinski definition) is 1. The van der Waals surface area contributed by atoms with Crippen molar-refractivity contribution in [1.82, 2.24) is 4.90 Å². The summed E-state index contributed by atoms with van der Waals surface area (Å²) in [6.45, 7) is 2.16. The molecule has 2 atom stereocenters. The Labute approximate surface area is 175 Å². The highest BCUT2D eigenvalue weighted by Gasteiger charge is 2.31. The number of benzene rings is 2. The maximum atomic E-state index is 3.90. The van der Waals surface area contributed by atoms with Gasteiger partial charge in [-0.3, -0.25) is 0 Å². The van der Waals surface area contributed by atoms with Crippen LogP contribution < -0.4 is 0 Å². The first-order valence-corrected chi connectivity index (χ1v) is 11.6. The van der Waals surface area contributed by atoms with E-state index in [0.29, 0.717) is 15.6 Å². The van der Waals surface area contributed by atoms with E-state index in [-0.39, 0.29) is 0 Å². The van der Waals surface area contributed by atoms with E-state index in [1.54, 1.807) is 0 Å². The molecular formula is C23H29Br2N. The molecule has 1 fully saturated rings. The first-order valence-electron chi connectivity index (χ1n) is 9.73. The van der Waals surface area contributed by atoms with Crippen LogP contribution in [0.4, 0.5) is 0 Å². The summed E-state index contributed by atoms with van der Waals surface area (Å²) in [5, 5.41) is 0. The lowest BCUT2D eigenvalue weighted by molar-refractivity contribution is 0.322. The maximum absolute atomic E-state index is 3.90. The lowest BCUT2D eigenvalue weighted by Gasteiger charge is -2.32. The fourth-order valence-electron chi connectivity index (χ4n) is 3.94. The molecule has 0 aliphatic heterocycles. The minimum Gasteiger partial charge on any atom is -0.302 e. The first kappa shape index (κ1) is 20.1. The van der Waals surface area contributed by atoms with Crippen molar-refractivity contribution in [3.63, 3.8) is 0 Å². The van der Waals surface area contributed by atoms with Gasteiger partial charge in [-0.15, -0.1) is 0 Å². The Bertz CT molecular complexity index is 646. The van der Waals surface area contributed by atoms with Crippen LogP contribution in [0.15, 0.2) is 54.6 Å². The minimum atomic E-state index is 0.592. The summed E-state index contributed by atoms with van der Waals surface area (Å²) in [5.41, 5.74) is 4.31. The highest BCUT2D eigenvalue weighted by Crippen LogP contribution is 2.41. The monoisotopic (exact) mass is 477 g/mol. The molecule has 0 aromatic heterocycles. The number of nitrogens with zero attached hydrogens (tertiary/aromatic N) is 1. The molecule has 1 nitrogen and oxygen atoms in total. The molecule has 0 N–H and O–H groups in total. The van der Waals surface area contributed by atoms with E-state index in [4.69, 9.17) is 0 Å². The van der Waals surface area contributed by atoms with Crippen molar-refractivity contribution in [2.45, 2.75) is 54.2 Å². The van der Waals surface area contributed by atoms with Crippen LogP contribution in [-0.2, 0) is 13.0 Å². The zero-order chi connectivity index (χ0) is 18.4. The average molecular weight is 479 g/mol. The van der Waals surface area contributed by atoms with Crippen molar-refractivity contribution in [2.75, 3.05) is 13.6 Å². The fraction of sp³-hybridized carbons (Fsp3) is 0.478. The standard InChI is InChI=1S/C23H29Br2N/c1-26(17-19-7-3-2-4-8-19)16-6-9-18-12-14-20(15-13-18)23-21(24)10-5-11-22(23)25/h2-4,7-8,12-15,21-23H,5-6,9-11,16-17H2,1H3. The third kappa shape index (κ3) is 5.68. The van der Waals surface area contributed by atoms with Gasteiger partial charge in [-0.25, -0.2) is 0 Å². The second-order valence-corrected chi connectivity index (χ2v) is 9.91. The zero-order valence-corrected chi connectivity index (χ0v) is 18.8. The molecular weight excluding hydrogens is 450 g/mol. The van der Waals surface area contributed by atoms with Crippen molar-refractivity contribution in [1.29, 1.82) is 0 Å². The van der Waals surface area contributed by atoms with Gasteiger partial charge in [0.15, 0.2) is 0 Å². The number of alkyl halides is 2. The van der Waals surface area contributed by atoms with Crippen LogP contribution in [0.5, 0.6) is 0 Å². The molecule has 0 amide bonds. The van der Waals surface area contributed by atoms with Crippen LogP contribution >= 0.6 is 31.9 Å². The summed E-state index contributed by atoms with van der Waals surface area (Å²) < 4.78 is 0. The van der Waals surface area contributed by atoms with Crippen molar-refractivity contribution >= 4 is 31.9 Å². The largest absolute Gasteiger partial charge is 0.302 e. The molecule has 140 valence electrons. The van der Waals surface area contributed by atoms with Crippen LogP contribution in [0.1, 0.15) is 48.3 Å². The smallest absolute Gasteiger partial charge is 0.0230 e. The topological polar surface area (TPSA) is 3.24 Å². The van der Waals surface area contributed by atoms with Gasteiger partial charge in [-0.2, -0.15) is 0 Å². The quantitative estimate of drug-likeness (QED) is 0.408. The predicted octanol–water partition coefficient (Wildman–Crippen LogP) is 6.55. The maximum Gasteiger partial charge on any atom is 0.0230 e. The van der Waals surface area contributed by atoms with Crippen molar-refractivity contribution in [3.05, 3.63) is 71.3 Å². The highest BCUT2D eigenvalue weighted by molar-refractivity contribution is 9.10. The van der Waals surface area contributed by atoms with Gasteiger partial charge in [0.25, 0.3) is 0 Å². The highest BCUT2D eigenvalue weighted by atomic mass is 79.9. The van der Waals surface area contributed by atoms with E-state index >= 15 is 0 Å². The first-order chi connectivity index (χ1) is 12.6. The van der Waals surface area contributed by atoms with Crippen LogP contribution in [0, 0.1) is 0 Å². The van der Waals surface area contributed by atoms with Gasteiger partial charge >= 0.3 is 0 Å². The lowest BCUT2D eigenvalue weighted by Crippen LogP contribution is -2.26. The molecule has 3 rings (SSSR count). The number of aryl methyl sites for hydroxylation is 1. The molecule has 2 aromatic carbocycles. The van der Waals surface area contributed by atoms with E-state index < -0.39 is 0 Å². The molecule has 0 heterocycles. The minimum absolute atomic E-state index is 0.592. The van der Waals surface area contributed by atoms with Crippen LogP contribution in [0.3, 0.4) is 0 Å². The van der Waals surface area contributed by atoms with Gasteiger partial charge in [0.2, 0.25) is 0 Å². The normalized spacial score (nSPS) is 23.3. The molecule has 26 heavy (non-hydrogen) atoms. The van der Waals surface area contributed by atoms with Crippen molar-refractivity contribution in [3.8, 4) is 0 Å². The Morgan fingerprint density at radius 3 is 2.19 bits per heavy atom. The van der Waals surface area contributed by atoms with Gasteiger partial charge < -0.3 is 4.90 Å². The third-order valence-electron chi connectivity index (χ3n) is 5.40. The molecule has 2 aromatic rings. The molecule has 0 spiro atoms. The molecule has 1 aliphatic rings. The summed E-state index contributed by atoms with van der Waals surface area (Å²) in [7, 11) is 2.21. The van der Waals surface area contributed by atoms with Gasteiger partial charge in [0.05, 0.1) is 0 Å². The van der Waals surface area contributed by atoms with E-state index in [1.165, 1.54) is 42.4 Å². The fourth-order valence-corrected chi connectivity index (χ4v) is 6.35. The molecule has 2 unspecified atom stereocenters. The SMILES string of the molecule is CN(CCCc1ccc(C2C(Br)CCCC2Br)cc1)Cc1ccccc1. The predicted molar refractivity (Wildman–Crippen MR) is 120 cm³/mol. The summed E-state index contributed by atoms with van der Waals surface area (Å²) in [6, 6.07) is 20.1. The van der Waals surface area contributed by atoms with Crippen molar-refractivity contribution < 1.29 is 0 Å². The summed E-state index contributed by atoms with van der Waals surface area (Å²) in [5.74, 6) is 0.592. The zero-order valence-electron chi connectivity index (χ0n) is 15.6. The van der Waals surface area contributed by atoms with Crippen molar-refractivity contribution in [2.24, 2.45) is 0 Å². The van der Waals surface area contributed by atoms with Gasteiger partial charge in [-0.05, 0) is 56.0 Å². The average Bonchev–Trinajstić information content (AvgIpc) is 2.64. The number of halogens is 2. The van der Waals surface area contributed by atoms with Crippen LogP contribution in [-0.4, -0.2) is 28.1 Å². The van der Waals surface area contributed by atoms with Crippen LogP contribution in [0.2, 0.25) is 0 Å². The van der Waals surface area contributed by atoms with Gasteiger partial charge in [-0.1, -0.05) is 92.9 Å². The van der Waals surface area contributed by atoms with E-state index in [1.807, 2.05) is 0 Å². The molecule has 1 aliphatic carbocycles. The summed E-state index contributed by atoms with van der Waals surface area (Å²) in [4.78, 5) is 3.60. The molecule has 3 heteroatoms. The van der Waals surface area contributed by atoms with Crippen LogP contribution in [0.25, 0.3) is 0 Å². The Morgan fingerprint density at radius 2 is 1.54 bits per heavy atom. The Morgan fingerprint density at radius 1 is 0.885 bits per heavy atom. The molecule has 1 saturated carbocycles. The Balaban J connectivity index is 1.47. The Hall–Kier alpha value is -0.640.